The smallest absolute Gasteiger partial charge is 0.146 e. The lowest BCUT2D eigenvalue weighted by molar-refractivity contribution is 0.415. The Labute approximate surface area is 154 Å². The third-order valence-electron chi connectivity index (χ3n) is 4.39. The minimum Gasteiger partial charge on any atom is -0.497 e. The van der Waals surface area contributed by atoms with Crippen molar-refractivity contribution in [2.45, 2.75) is 19.9 Å². The number of nitrogens with one attached hydrogen (secondary N) is 1. The summed E-state index contributed by atoms with van der Waals surface area (Å²) in [4.78, 5) is 11.2. The molecule has 2 heterocycles. The van der Waals surface area contributed by atoms with Gasteiger partial charge < -0.3 is 19.5 Å². The molecule has 0 fully saturated rings. The van der Waals surface area contributed by atoms with Crippen molar-refractivity contribution in [3.05, 3.63) is 36.7 Å². The highest BCUT2D eigenvalue weighted by molar-refractivity contribution is 5.92. The fourth-order valence-corrected chi connectivity index (χ4v) is 3.08. The second-order valence-corrected chi connectivity index (χ2v) is 6.91. The molecule has 0 saturated carbocycles. The Morgan fingerprint density at radius 1 is 1.15 bits per heavy atom. The molecule has 0 bridgehead atoms. The number of hydrogen-bond acceptors (Lipinski definition) is 5. The Kier molecular flexibility index (Phi) is 5.42. The number of aromatic nitrogens is 3. The van der Waals surface area contributed by atoms with E-state index in [9.17, 15) is 0 Å². The molecule has 0 radical (unpaired) electrons. The Balaban J connectivity index is 2.06. The van der Waals surface area contributed by atoms with Crippen LogP contribution in [0.15, 0.2) is 36.7 Å². The van der Waals surface area contributed by atoms with Gasteiger partial charge in [-0.25, -0.2) is 9.97 Å². The SMILES string of the molecule is COc1ccc(-c2cc3c(NCCN(C)C)ncnc3n2C(C)C)cc1. The molecule has 6 nitrogen and oxygen atoms in total. The first-order chi connectivity index (χ1) is 12.5. The van der Waals surface area contributed by atoms with Gasteiger partial charge in [0.25, 0.3) is 0 Å². The van der Waals surface area contributed by atoms with E-state index in [1.54, 1.807) is 13.4 Å². The van der Waals surface area contributed by atoms with Gasteiger partial charge in [-0.2, -0.15) is 0 Å². The minimum atomic E-state index is 0.286. The summed E-state index contributed by atoms with van der Waals surface area (Å²) in [5, 5.41) is 4.49. The average molecular weight is 353 g/mol. The number of likely N-dealkylation sites (N-methyl/N-ethyl adjacent to an activating group) is 1. The molecule has 26 heavy (non-hydrogen) atoms. The number of hydrogen-bond donors (Lipinski definition) is 1. The van der Waals surface area contributed by atoms with Crippen molar-refractivity contribution in [3.8, 4) is 17.0 Å². The quantitative estimate of drug-likeness (QED) is 0.702. The summed E-state index contributed by atoms with van der Waals surface area (Å²) >= 11 is 0. The van der Waals surface area contributed by atoms with E-state index in [0.29, 0.717) is 0 Å². The van der Waals surface area contributed by atoms with Crippen LogP contribution in [0, 0.1) is 0 Å². The molecule has 1 aromatic carbocycles. The summed E-state index contributed by atoms with van der Waals surface area (Å²) in [6.07, 6.45) is 1.64. The minimum absolute atomic E-state index is 0.286. The van der Waals surface area contributed by atoms with Gasteiger partial charge in [0.15, 0.2) is 0 Å². The molecule has 0 aliphatic carbocycles. The van der Waals surface area contributed by atoms with Gasteiger partial charge in [-0.3, -0.25) is 0 Å². The first-order valence-electron chi connectivity index (χ1n) is 8.90. The van der Waals surface area contributed by atoms with Crippen LogP contribution in [0.2, 0.25) is 0 Å². The van der Waals surface area contributed by atoms with Crippen molar-refractivity contribution in [2.75, 3.05) is 39.6 Å². The van der Waals surface area contributed by atoms with Gasteiger partial charge in [0.2, 0.25) is 0 Å². The summed E-state index contributed by atoms with van der Waals surface area (Å²) in [7, 11) is 5.81. The van der Waals surface area contributed by atoms with Crippen LogP contribution >= 0.6 is 0 Å². The van der Waals surface area contributed by atoms with Gasteiger partial charge in [-0.15, -0.1) is 0 Å². The van der Waals surface area contributed by atoms with Crippen molar-refractivity contribution in [2.24, 2.45) is 0 Å². The van der Waals surface area contributed by atoms with E-state index >= 15 is 0 Å². The molecule has 0 aliphatic rings. The molecule has 0 unspecified atom stereocenters. The first kappa shape index (κ1) is 18.2. The number of benzene rings is 1. The van der Waals surface area contributed by atoms with Crippen LogP contribution in [0.5, 0.6) is 5.75 Å². The van der Waals surface area contributed by atoms with Crippen LogP contribution in [-0.2, 0) is 0 Å². The third kappa shape index (κ3) is 3.65. The van der Waals surface area contributed by atoms with E-state index in [1.165, 1.54) is 0 Å². The number of ether oxygens (including phenoxy) is 1. The van der Waals surface area contributed by atoms with Crippen LogP contribution in [0.3, 0.4) is 0 Å². The Hall–Kier alpha value is -2.60. The average Bonchev–Trinajstić information content (AvgIpc) is 3.02. The molecule has 0 saturated heterocycles. The summed E-state index contributed by atoms with van der Waals surface area (Å²) in [5.41, 5.74) is 3.22. The molecule has 2 aromatic heterocycles. The number of anilines is 1. The fraction of sp³-hybridized carbons (Fsp3) is 0.400. The molecule has 0 aliphatic heterocycles. The standard InChI is InChI=1S/C20H27N5O/c1-14(2)25-18(15-6-8-16(26-5)9-7-15)12-17-19(21-10-11-24(3)4)22-13-23-20(17)25/h6-9,12-14H,10-11H2,1-5H3,(H,21,22,23). The summed E-state index contributed by atoms with van der Waals surface area (Å²) in [5.74, 6) is 1.73. The van der Waals surface area contributed by atoms with E-state index in [0.717, 1.165) is 46.9 Å². The van der Waals surface area contributed by atoms with Crippen LogP contribution in [0.25, 0.3) is 22.3 Å². The summed E-state index contributed by atoms with van der Waals surface area (Å²) in [6.45, 7) is 6.13. The lowest BCUT2D eigenvalue weighted by Gasteiger charge is -2.14. The molecular weight excluding hydrogens is 326 g/mol. The van der Waals surface area contributed by atoms with Gasteiger partial charge in [-0.05, 0) is 63.8 Å². The maximum absolute atomic E-state index is 5.28. The normalized spacial score (nSPS) is 11.5. The second-order valence-electron chi connectivity index (χ2n) is 6.91. The highest BCUT2D eigenvalue weighted by Crippen LogP contribution is 2.33. The van der Waals surface area contributed by atoms with Gasteiger partial charge in [-0.1, -0.05) is 0 Å². The predicted octanol–water partition coefficient (Wildman–Crippen LogP) is 3.66. The third-order valence-corrected chi connectivity index (χ3v) is 4.39. The van der Waals surface area contributed by atoms with Crippen molar-refractivity contribution >= 4 is 16.9 Å². The fourth-order valence-electron chi connectivity index (χ4n) is 3.08. The molecular formula is C20H27N5O. The van der Waals surface area contributed by atoms with Crippen LogP contribution in [-0.4, -0.2) is 53.7 Å². The topological polar surface area (TPSA) is 55.2 Å². The lowest BCUT2D eigenvalue weighted by Crippen LogP contribution is -2.21. The Bertz CT molecular complexity index is 868. The zero-order chi connectivity index (χ0) is 18.7. The second kappa shape index (κ2) is 7.74. The monoisotopic (exact) mass is 353 g/mol. The van der Waals surface area contributed by atoms with Gasteiger partial charge >= 0.3 is 0 Å². The van der Waals surface area contributed by atoms with Crippen LogP contribution in [0.1, 0.15) is 19.9 Å². The van der Waals surface area contributed by atoms with Crippen LogP contribution < -0.4 is 10.1 Å². The maximum atomic E-state index is 5.28. The van der Waals surface area contributed by atoms with Crippen molar-refractivity contribution in [1.29, 1.82) is 0 Å². The Morgan fingerprint density at radius 3 is 2.50 bits per heavy atom. The van der Waals surface area contributed by atoms with E-state index in [2.05, 4.69) is 70.9 Å². The lowest BCUT2D eigenvalue weighted by atomic mass is 10.1. The molecule has 0 atom stereocenters. The number of fused-ring (bicyclic) bond motifs is 1. The number of rotatable bonds is 7. The first-order valence-corrected chi connectivity index (χ1v) is 8.90. The zero-order valence-electron chi connectivity index (χ0n) is 16.2. The Morgan fingerprint density at radius 2 is 1.88 bits per heavy atom. The van der Waals surface area contributed by atoms with E-state index in [1.807, 2.05) is 12.1 Å². The van der Waals surface area contributed by atoms with Crippen LogP contribution in [0.4, 0.5) is 5.82 Å². The highest BCUT2D eigenvalue weighted by atomic mass is 16.5. The van der Waals surface area contributed by atoms with Crippen molar-refractivity contribution in [1.82, 2.24) is 19.4 Å². The van der Waals surface area contributed by atoms with E-state index in [-0.39, 0.29) is 6.04 Å². The summed E-state index contributed by atoms with van der Waals surface area (Å²) in [6, 6.07) is 10.6. The van der Waals surface area contributed by atoms with Crippen molar-refractivity contribution in [3.63, 3.8) is 0 Å². The predicted molar refractivity (Wildman–Crippen MR) is 107 cm³/mol. The largest absolute Gasteiger partial charge is 0.497 e. The van der Waals surface area contributed by atoms with Gasteiger partial charge in [0.05, 0.1) is 18.2 Å². The van der Waals surface area contributed by atoms with Gasteiger partial charge in [0, 0.05) is 19.1 Å². The molecule has 1 N–H and O–H groups in total. The maximum Gasteiger partial charge on any atom is 0.146 e. The van der Waals surface area contributed by atoms with Gasteiger partial charge in [0.1, 0.15) is 23.5 Å². The molecule has 0 spiro atoms. The number of methoxy groups -OCH3 is 1. The van der Waals surface area contributed by atoms with E-state index < -0.39 is 0 Å². The molecule has 0 amide bonds. The highest BCUT2D eigenvalue weighted by Gasteiger charge is 2.17. The zero-order valence-corrected chi connectivity index (χ0v) is 16.2. The molecule has 3 rings (SSSR count). The molecule has 138 valence electrons. The number of nitrogens with zero attached hydrogens (tertiary/aromatic N) is 4. The van der Waals surface area contributed by atoms with E-state index in [4.69, 9.17) is 4.74 Å². The molecule has 6 heteroatoms. The molecule has 3 aromatic rings. The van der Waals surface area contributed by atoms with Crippen molar-refractivity contribution < 1.29 is 4.74 Å². The summed E-state index contributed by atoms with van der Waals surface area (Å²) < 4.78 is 7.54.